The van der Waals surface area contributed by atoms with Crippen molar-refractivity contribution in [3.8, 4) is 0 Å². The molecule has 13 heavy (non-hydrogen) atoms. The van der Waals surface area contributed by atoms with Crippen molar-refractivity contribution in [1.82, 2.24) is 9.97 Å². The molecule has 0 atom stereocenters. The van der Waals surface area contributed by atoms with Crippen LogP contribution in [0.25, 0.3) is 11.0 Å². The van der Waals surface area contributed by atoms with E-state index >= 15 is 0 Å². The number of nitrogens with one attached hydrogen (secondary N) is 2. The number of nitrogen functional groups attached to an aromatic ring is 1. The maximum Gasteiger partial charge on any atom is 0.215 e. The Labute approximate surface area is 84.0 Å². The Hall–Kier alpha value is -0.970. The van der Waals surface area contributed by atoms with Gasteiger partial charge in [0.15, 0.2) is 0 Å². The highest BCUT2D eigenvalue weighted by atomic mass is 35.5. The van der Waals surface area contributed by atoms with Gasteiger partial charge in [-0.25, -0.2) is 10.8 Å². The largest absolute Gasteiger partial charge is 0.323 e. The summed E-state index contributed by atoms with van der Waals surface area (Å²) in [5.74, 6) is 5.64. The molecule has 0 saturated carbocycles. The number of hydrogen-bond acceptors (Lipinski definition) is 3. The molecule has 2 rings (SSSR count). The molecule has 0 radical (unpaired) electrons. The Morgan fingerprint density at radius 2 is 2.15 bits per heavy atom. The molecule has 0 spiro atoms. The van der Waals surface area contributed by atoms with E-state index in [9.17, 15) is 0 Å². The molecule has 0 aliphatic heterocycles. The van der Waals surface area contributed by atoms with Gasteiger partial charge in [0.25, 0.3) is 0 Å². The minimum Gasteiger partial charge on any atom is -0.323 e. The second-order valence-corrected chi connectivity index (χ2v) is 3.27. The van der Waals surface area contributed by atoms with Gasteiger partial charge in [0.05, 0.1) is 15.6 Å². The first-order chi connectivity index (χ1) is 6.22. The van der Waals surface area contributed by atoms with Gasteiger partial charge in [-0.1, -0.05) is 23.2 Å². The van der Waals surface area contributed by atoms with Crippen LogP contribution in [0.15, 0.2) is 12.1 Å². The monoisotopic (exact) mass is 216 g/mol. The third kappa shape index (κ3) is 1.33. The number of imidazole rings is 1. The van der Waals surface area contributed by atoms with Crippen molar-refractivity contribution < 1.29 is 0 Å². The van der Waals surface area contributed by atoms with Crippen LogP contribution in [0.1, 0.15) is 0 Å². The number of rotatable bonds is 1. The number of nitrogens with two attached hydrogens (primary N) is 1. The molecule has 0 bridgehead atoms. The molecule has 4 N–H and O–H groups in total. The van der Waals surface area contributed by atoms with E-state index in [2.05, 4.69) is 15.4 Å². The van der Waals surface area contributed by atoms with Gasteiger partial charge in [-0.3, -0.25) is 5.43 Å². The average Bonchev–Trinajstić information content (AvgIpc) is 2.55. The van der Waals surface area contributed by atoms with Gasteiger partial charge in [0.2, 0.25) is 5.95 Å². The maximum atomic E-state index is 5.91. The molecular weight excluding hydrogens is 211 g/mol. The minimum atomic E-state index is 0.428. The van der Waals surface area contributed by atoms with Crippen LogP contribution in [-0.4, -0.2) is 9.97 Å². The lowest BCUT2D eigenvalue weighted by Crippen LogP contribution is -2.07. The second-order valence-electron chi connectivity index (χ2n) is 2.49. The van der Waals surface area contributed by atoms with Crippen molar-refractivity contribution in [2.75, 3.05) is 5.43 Å². The van der Waals surface area contributed by atoms with E-state index < -0.39 is 0 Å². The Kier molecular flexibility index (Phi) is 2.03. The second kappa shape index (κ2) is 3.06. The van der Waals surface area contributed by atoms with Crippen LogP contribution in [-0.2, 0) is 0 Å². The third-order valence-corrected chi connectivity index (χ3v) is 2.48. The number of fused-ring (bicyclic) bond motifs is 1. The number of anilines is 1. The highest BCUT2D eigenvalue weighted by Gasteiger charge is 2.07. The van der Waals surface area contributed by atoms with Crippen LogP contribution in [0.2, 0.25) is 10.0 Å². The molecule has 0 fully saturated rings. The smallest absolute Gasteiger partial charge is 0.215 e. The lowest BCUT2D eigenvalue weighted by molar-refractivity contribution is 1.21. The van der Waals surface area contributed by atoms with E-state index in [0.29, 0.717) is 21.5 Å². The number of nitrogens with zero attached hydrogens (tertiary/aromatic N) is 1. The van der Waals surface area contributed by atoms with Gasteiger partial charge < -0.3 is 4.98 Å². The Morgan fingerprint density at radius 3 is 2.85 bits per heavy atom. The van der Waals surface area contributed by atoms with E-state index in [1.165, 1.54) is 0 Å². The highest BCUT2D eigenvalue weighted by Crippen LogP contribution is 2.29. The summed E-state index contributed by atoms with van der Waals surface area (Å²) in [6.07, 6.45) is 0. The standard InChI is InChI=1S/C7H6Cl2N4/c8-3-1-2-4-6(5(3)9)12-7(11-4)13-10/h1-2H,10H2,(H2,11,12,13). The van der Waals surface area contributed by atoms with E-state index in [1.54, 1.807) is 12.1 Å². The molecule has 0 aliphatic carbocycles. The summed E-state index contributed by atoms with van der Waals surface area (Å²) in [5, 5.41) is 0.904. The predicted molar refractivity (Wildman–Crippen MR) is 53.9 cm³/mol. The normalized spacial score (nSPS) is 10.7. The fourth-order valence-electron chi connectivity index (χ4n) is 1.09. The van der Waals surface area contributed by atoms with Crippen molar-refractivity contribution in [1.29, 1.82) is 0 Å². The fraction of sp³-hybridized carbons (Fsp3) is 0. The predicted octanol–water partition coefficient (Wildman–Crippen LogP) is 2.16. The summed E-state index contributed by atoms with van der Waals surface area (Å²) >= 11 is 11.7. The van der Waals surface area contributed by atoms with Crippen LogP contribution in [0.4, 0.5) is 5.95 Å². The number of benzene rings is 1. The zero-order valence-electron chi connectivity index (χ0n) is 6.44. The summed E-state index contributed by atoms with van der Waals surface area (Å²) in [5.41, 5.74) is 3.80. The van der Waals surface area contributed by atoms with Crippen molar-refractivity contribution in [3.63, 3.8) is 0 Å². The van der Waals surface area contributed by atoms with E-state index in [4.69, 9.17) is 29.0 Å². The van der Waals surface area contributed by atoms with Gasteiger partial charge in [-0.15, -0.1) is 0 Å². The van der Waals surface area contributed by atoms with Gasteiger partial charge in [-0.2, -0.15) is 0 Å². The lowest BCUT2D eigenvalue weighted by atomic mass is 10.3. The minimum absolute atomic E-state index is 0.428. The molecule has 6 heteroatoms. The van der Waals surface area contributed by atoms with Crippen LogP contribution in [0.5, 0.6) is 0 Å². The third-order valence-electron chi connectivity index (χ3n) is 1.68. The molecule has 1 aromatic carbocycles. The number of H-pyrrole nitrogens is 1. The molecule has 1 aromatic heterocycles. The van der Waals surface area contributed by atoms with Crippen LogP contribution >= 0.6 is 23.2 Å². The van der Waals surface area contributed by atoms with E-state index in [-0.39, 0.29) is 0 Å². The topological polar surface area (TPSA) is 66.7 Å². The van der Waals surface area contributed by atoms with Crippen LogP contribution in [0, 0.1) is 0 Å². The van der Waals surface area contributed by atoms with Gasteiger partial charge in [0.1, 0.15) is 5.52 Å². The highest BCUT2D eigenvalue weighted by molar-refractivity contribution is 6.44. The van der Waals surface area contributed by atoms with E-state index in [0.717, 1.165) is 5.52 Å². The van der Waals surface area contributed by atoms with Gasteiger partial charge in [-0.05, 0) is 12.1 Å². The summed E-state index contributed by atoms with van der Waals surface area (Å²) in [7, 11) is 0. The van der Waals surface area contributed by atoms with Crippen molar-refractivity contribution in [2.45, 2.75) is 0 Å². The first-order valence-corrected chi connectivity index (χ1v) is 4.28. The number of hydrogen-bond donors (Lipinski definition) is 3. The fourth-order valence-corrected chi connectivity index (χ4v) is 1.45. The quantitative estimate of drug-likeness (QED) is 0.506. The SMILES string of the molecule is NNc1nc2c(Cl)c(Cl)ccc2[nH]1. The molecule has 2 aromatic rings. The summed E-state index contributed by atoms with van der Waals surface area (Å²) < 4.78 is 0. The zero-order chi connectivity index (χ0) is 9.42. The van der Waals surface area contributed by atoms with E-state index in [1.807, 2.05) is 0 Å². The van der Waals surface area contributed by atoms with Crippen molar-refractivity contribution in [2.24, 2.45) is 5.84 Å². The van der Waals surface area contributed by atoms with Gasteiger partial charge >= 0.3 is 0 Å². The molecule has 1 heterocycles. The molecule has 0 aliphatic rings. The average molecular weight is 217 g/mol. The Morgan fingerprint density at radius 1 is 1.38 bits per heavy atom. The van der Waals surface area contributed by atoms with Crippen molar-refractivity contribution in [3.05, 3.63) is 22.2 Å². The number of hydrazine groups is 1. The van der Waals surface area contributed by atoms with Crippen LogP contribution < -0.4 is 11.3 Å². The molecular formula is C7H6Cl2N4. The maximum absolute atomic E-state index is 5.91. The molecule has 4 nitrogen and oxygen atoms in total. The summed E-state index contributed by atoms with van der Waals surface area (Å²) in [6, 6.07) is 3.49. The van der Waals surface area contributed by atoms with Gasteiger partial charge in [0, 0.05) is 0 Å². The first kappa shape index (κ1) is 8.62. The zero-order valence-corrected chi connectivity index (χ0v) is 7.95. The summed E-state index contributed by atoms with van der Waals surface area (Å²) in [4.78, 5) is 7.01. The number of aromatic amines is 1. The Bertz CT molecular complexity index is 451. The number of halogens is 2. The molecule has 68 valence electrons. The first-order valence-electron chi connectivity index (χ1n) is 3.52. The Balaban J connectivity index is 2.76. The van der Waals surface area contributed by atoms with Crippen LogP contribution in [0.3, 0.4) is 0 Å². The lowest BCUT2D eigenvalue weighted by Gasteiger charge is -1.93. The molecule has 0 unspecified atom stereocenters. The van der Waals surface area contributed by atoms with Crippen molar-refractivity contribution >= 4 is 40.2 Å². The molecule has 0 saturated heterocycles. The number of aromatic nitrogens is 2. The molecule has 0 amide bonds. The summed E-state index contributed by atoms with van der Waals surface area (Å²) in [6.45, 7) is 0.